The molecule has 0 atom stereocenters. The number of anilines is 1. The number of amides is 3. The van der Waals surface area contributed by atoms with Gasteiger partial charge < -0.3 is 14.5 Å². The molecule has 1 aliphatic rings. The molecule has 0 aliphatic carbocycles. The molecule has 1 aromatic heterocycles. The van der Waals surface area contributed by atoms with Crippen LogP contribution in [0.5, 0.6) is 5.75 Å². The van der Waals surface area contributed by atoms with Crippen molar-refractivity contribution >= 4 is 40.6 Å². The number of carbonyl (C=O) groups is 3. The monoisotopic (exact) mass is 520 g/mol. The Morgan fingerprint density at radius 3 is 2.50 bits per heavy atom. The van der Waals surface area contributed by atoms with Crippen LogP contribution in [0.1, 0.15) is 11.3 Å². The molecule has 1 fully saturated rings. The van der Waals surface area contributed by atoms with Gasteiger partial charge in [0.05, 0.1) is 23.3 Å². The lowest BCUT2D eigenvalue weighted by molar-refractivity contribution is -0.137. The number of halogens is 4. The number of imide groups is 1. The second-order valence-corrected chi connectivity index (χ2v) is 8.43. The van der Waals surface area contributed by atoms with Gasteiger partial charge in [0.15, 0.2) is 0 Å². The first-order valence-corrected chi connectivity index (χ1v) is 11.0. The first-order valence-electron chi connectivity index (χ1n) is 10.2. The number of alkyl halides is 3. The third-order valence-corrected chi connectivity index (χ3v) is 5.91. The third-order valence-electron chi connectivity index (χ3n) is 5.01. The highest BCUT2D eigenvalue weighted by Crippen LogP contribution is 2.36. The van der Waals surface area contributed by atoms with Crippen LogP contribution >= 0.6 is 11.8 Å². The van der Waals surface area contributed by atoms with E-state index in [1.807, 2.05) is 0 Å². The van der Waals surface area contributed by atoms with Gasteiger partial charge in [-0.15, -0.1) is 0 Å². The van der Waals surface area contributed by atoms with Crippen molar-refractivity contribution in [3.05, 3.63) is 76.6 Å². The molecule has 186 valence electrons. The van der Waals surface area contributed by atoms with Crippen LogP contribution in [-0.2, 0) is 15.8 Å². The van der Waals surface area contributed by atoms with E-state index >= 15 is 0 Å². The molecule has 12 heteroatoms. The highest BCUT2D eigenvalue weighted by molar-refractivity contribution is 8.18. The minimum Gasteiger partial charge on any atom is -0.495 e. The zero-order valence-corrected chi connectivity index (χ0v) is 19.2. The van der Waals surface area contributed by atoms with Gasteiger partial charge in [-0.1, -0.05) is 0 Å². The lowest BCUT2D eigenvalue weighted by atomic mass is 10.1. The summed E-state index contributed by atoms with van der Waals surface area (Å²) in [4.78, 5) is 38.2. The molecule has 1 aliphatic heterocycles. The van der Waals surface area contributed by atoms with E-state index in [2.05, 4.69) is 5.32 Å². The van der Waals surface area contributed by atoms with Crippen molar-refractivity contribution in [3.63, 3.8) is 0 Å². The van der Waals surface area contributed by atoms with Crippen molar-refractivity contribution < 1.29 is 41.1 Å². The van der Waals surface area contributed by atoms with Crippen LogP contribution in [0.3, 0.4) is 0 Å². The summed E-state index contributed by atoms with van der Waals surface area (Å²) in [6.45, 7) is -0.722. The predicted molar refractivity (Wildman–Crippen MR) is 123 cm³/mol. The minimum atomic E-state index is -4.65. The van der Waals surface area contributed by atoms with Crippen LogP contribution in [0.4, 0.5) is 28.0 Å². The maximum atomic E-state index is 13.1. The van der Waals surface area contributed by atoms with Crippen molar-refractivity contribution in [3.8, 4) is 17.1 Å². The summed E-state index contributed by atoms with van der Waals surface area (Å²) in [5.74, 6) is -1.44. The molecule has 0 bridgehead atoms. The Balaban J connectivity index is 1.46. The average molecular weight is 520 g/mol. The van der Waals surface area contributed by atoms with E-state index in [9.17, 15) is 31.9 Å². The minimum absolute atomic E-state index is 0.00976. The molecule has 3 amide bonds. The third kappa shape index (κ3) is 5.43. The number of nitrogens with zero attached hydrogens (tertiary/aromatic N) is 1. The summed E-state index contributed by atoms with van der Waals surface area (Å²) in [5.41, 5.74) is -0.666. The molecule has 2 heterocycles. The first kappa shape index (κ1) is 25.0. The molecule has 0 saturated carbocycles. The summed E-state index contributed by atoms with van der Waals surface area (Å²) in [6, 6.07) is 11.3. The highest BCUT2D eigenvalue weighted by Gasteiger charge is 2.37. The molecule has 0 radical (unpaired) electrons. The van der Waals surface area contributed by atoms with Gasteiger partial charge in [-0.3, -0.25) is 19.3 Å². The van der Waals surface area contributed by atoms with Gasteiger partial charge in [0.2, 0.25) is 5.91 Å². The maximum absolute atomic E-state index is 13.1. The Morgan fingerprint density at radius 1 is 1.11 bits per heavy atom. The van der Waals surface area contributed by atoms with Crippen LogP contribution < -0.4 is 10.1 Å². The Kier molecular flexibility index (Phi) is 6.88. The lowest BCUT2D eigenvalue weighted by Crippen LogP contribution is -2.36. The largest absolute Gasteiger partial charge is 0.495 e. The molecule has 1 N–H and O–H groups in total. The van der Waals surface area contributed by atoms with E-state index in [0.29, 0.717) is 34.1 Å². The molecule has 7 nitrogen and oxygen atoms in total. The molecule has 1 saturated heterocycles. The molecule has 4 rings (SSSR count). The number of rotatable bonds is 6. The Morgan fingerprint density at radius 2 is 1.83 bits per heavy atom. The standard InChI is InChI=1S/C24H16F4N2O5S/c1-34-19-8-4-14(24(26,27)28)10-17(19)29-21(31)12-30-22(32)20(36-23(30)33)11-16-7-9-18(35-16)13-2-5-15(25)6-3-13/h2-11H,12H2,1H3,(H,29,31)/b20-11-. The number of methoxy groups -OCH3 is 1. The Hall–Kier alpha value is -4.06. The average Bonchev–Trinajstić information content (AvgIpc) is 3.39. The van der Waals surface area contributed by atoms with Crippen LogP contribution in [-0.4, -0.2) is 35.6 Å². The van der Waals surface area contributed by atoms with Crippen LogP contribution in [0, 0.1) is 5.82 Å². The topological polar surface area (TPSA) is 88.8 Å². The molecular weight excluding hydrogens is 504 g/mol. The van der Waals surface area contributed by atoms with Crippen molar-refractivity contribution in [1.82, 2.24) is 4.90 Å². The van der Waals surface area contributed by atoms with Crippen molar-refractivity contribution in [2.75, 3.05) is 19.0 Å². The number of benzene rings is 2. The number of ether oxygens (including phenoxy) is 1. The van der Waals surface area contributed by atoms with Gasteiger partial charge in [-0.05, 0) is 66.4 Å². The van der Waals surface area contributed by atoms with E-state index in [0.717, 1.165) is 12.1 Å². The molecule has 0 spiro atoms. The van der Waals surface area contributed by atoms with Crippen LogP contribution in [0.25, 0.3) is 17.4 Å². The zero-order chi connectivity index (χ0) is 26.0. The highest BCUT2D eigenvalue weighted by atomic mass is 32.2. The maximum Gasteiger partial charge on any atom is 0.416 e. The van der Waals surface area contributed by atoms with E-state index in [-0.39, 0.29) is 22.1 Å². The number of carbonyl (C=O) groups excluding carboxylic acids is 3. The van der Waals surface area contributed by atoms with Crippen LogP contribution in [0.2, 0.25) is 0 Å². The number of thioether (sulfide) groups is 1. The summed E-state index contributed by atoms with van der Waals surface area (Å²) < 4.78 is 62.8. The van der Waals surface area contributed by atoms with Gasteiger partial charge in [0, 0.05) is 11.6 Å². The Bertz CT molecular complexity index is 1370. The quantitative estimate of drug-likeness (QED) is 0.327. The lowest BCUT2D eigenvalue weighted by Gasteiger charge is -2.16. The number of furan rings is 1. The van der Waals surface area contributed by atoms with Gasteiger partial charge in [0.25, 0.3) is 11.1 Å². The first-order chi connectivity index (χ1) is 17.0. The van der Waals surface area contributed by atoms with Gasteiger partial charge in [0.1, 0.15) is 29.6 Å². The smallest absolute Gasteiger partial charge is 0.416 e. The van der Waals surface area contributed by atoms with Crippen molar-refractivity contribution in [2.24, 2.45) is 0 Å². The van der Waals surface area contributed by atoms with Crippen molar-refractivity contribution in [2.45, 2.75) is 6.18 Å². The van der Waals surface area contributed by atoms with Gasteiger partial charge >= 0.3 is 6.18 Å². The number of hydrogen-bond acceptors (Lipinski definition) is 6. The Labute approximate surface area is 205 Å². The predicted octanol–water partition coefficient (Wildman–Crippen LogP) is 5.79. The SMILES string of the molecule is COc1ccc(C(F)(F)F)cc1NC(=O)CN1C(=O)S/C(=C\c2ccc(-c3ccc(F)cc3)o2)C1=O. The van der Waals surface area contributed by atoms with E-state index in [4.69, 9.17) is 9.15 Å². The second kappa shape index (κ2) is 9.90. The van der Waals surface area contributed by atoms with Gasteiger partial charge in [-0.2, -0.15) is 13.2 Å². The number of nitrogens with one attached hydrogen (secondary N) is 1. The summed E-state index contributed by atoms with van der Waals surface area (Å²) in [7, 11) is 1.22. The fourth-order valence-electron chi connectivity index (χ4n) is 3.28. The summed E-state index contributed by atoms with van der Waals surface area (Å²) >= 11 is 0.581. The summed E-state index contributed by atoms with van der Waals surface area (Å²) in [6.07, 6.45) is -3.32. The van der Waals surface area contributed by atoms with E-state index < -0.39 is 41.2 Å². The fraction of sp³-hybridized carbons (Fsp3) is 0.125. The van der Waals surface area contributed by atoms with Gasteiger partial charge in [-0.25, -0.2) is 4.39 Å². The molecule has 3 aromatic rings. The van der Waals surface area contributed by atoms with E-state index in [1.54, 1.807) is 12.1 Å². The van der Waals surface area contributed by atoms with E-state index in [1.165, 1.54) is 37.5 Å². The summed E-state index contributed by atoms with van der Waals surface area (Å²) in [5, 5.41) is 1.51. The second-order valence-electron chi connectivity index (χ2n) is 7.44. The normalized spacial score (nSPS) is 15.0. The molecule has 0 unspecified atom stereocenters. The molecule has 36 heavy (non-hydrogen) atoms. The number of hydrogen-bond donors (Lipinski definition) is 1. The van der Waals surface area contributed by atoms with Crippen LogP contribution in [0.15, 0.2) is 63.9 Å². The fourth-order valence-corrected chi connectivity index (χ4v) is 4.10. The molecular formula is C24H16F4N2O5S. The van der Waals surface area contributed by atoms with Crippen molar-refractivity contribution in [1.29, 1.82) is 0 Å². The molecule has 2 aromatic carbocycles. The zero-order valence-electron chi connectivity index (χ0n) is 18.4.